The average Bonchev–Trinajstić information content (AvgIpc) is 3.07. The second kappa shape index (κ2) is 7.02. The molecule has 5 rings (SSSR count). The number of aliphatic imine (C=N–C) groups is 1. The third kappa shape index (κ3) is 3.10. The standard InChI is InChI=1S/C23H20BrN5O/c1-15-7-3-5-9-18(15)29-22(30)21-20(27-29)17-8-4-6-10-19(17)28(26-21)14-23(2)12-11-16(24)13-25-23/h3-11,13H,12,14H2,1-2H3. The summed E-state index contributed by atoms with van der Waals surface area (Å²) in [6, 6.07) is 15.7. The first-order valence-electron chi connectivity index (χ1n) is 9.81. The van der Waals surface area contributed by atoms with Crippen molar-refractivity contribution in [2.75, 3.05) is 0 Å². The lowest BCUT2D eigenvalue weighted by Gasteiger charge is -2.27. The van der Waals surface area contributed by atoms with Gasteiger partial charge in [0.25, 0.3) is 0 Å². The van der Waals surface area contributed by atoms with Gasteiger partial charge in [-0.05, 0) is 53.9 Å². The molecule has 0 fully saturated rings. The molecule has 1 atom stereocenters. The Bertz CT molecular complexity index is 1370. The number of aromatic nitrogens is 4. The van der Waals surface area contributed by atoms with Crippen LogP contribution in [0.2, 0.25) is 0 Å². The van der Waals surface area contributed by atoms with Crippen LogP contribution in [0.4, 0.5) is 0 Å². The zero-order chi connectivity index (χ0) is 20.9. The highest BCUT2D eigenvalue weighted by molar-refractivity contribution is 9.12. The van der Waals surface area contributed by atoms with Gasteiger partial charge in [-0.15, -0.1) is 0 Å². The summed E-state index contributed by atoms with van der Waals surface area (Å²) in [5, 5.41) is 10.3. The van der Waals surface area contributed by atoms with Gasteiger partial charge in [0.05, 0.1) is 23.3 Å². The van der Waals surface area contributed by atoms with Gasteiger partial charge >= 0.3 is 5.56 Å². The van der Waals surface area contributed by atoms with Crippen LogP contribution in [0, 0.1) is 6.92 Å². The van der Waals surface area contributed by atoms with Crippen molar-refractivity contribution in [1.29, 1.82) is 0 Å². The van der Waals surface area contributed by atoms with Crippen molar-refractivity contribution >= 4 is 33.0 Å². The smallest absolute Gasteiger partial charge is 0.283 e. The second-order valence-electron chi connectivity index (χ2n) is 7.92. The molecule has 30 heavy (non-hydrogen) atoms. The molecule has 150 valence electrons. The molecule has 0 saturated carbocycles. The minimum absolute atomic E-state index is 0.209. The molecule has 2 aromatic rings. The van der Waals surface area contributed by atoms with Crippen LogP contribution in [0.15, 0.2) is 68.9 Å². The predicted octanol–water partition coefficient (Wildman–Crippen LogP) is 4.51. The van der Waals surface area contributed by atoms with Crippen LogP contribution in [0.1, 0.15) is 18.9 Å². The van der Waals surface area contributed by atoms with Crippen LogP contribution in [0.5, 0.6) is 0 Å². The van der Waals surface area contributed by atoms with Crippen LogP contribution in [0.25, 0.3) is 28.0 Å². The minimum Gasteiger partial charge on any atom is -0.283 e. The summed E-state index contributed by atoms with van der Waals surface area (Å²) >= 11 is 3.47. The van der Waals surface area contributed by atoms with E-state index in [0.717, 1.165) is 33.1 Å². The maximum absolute atomic E-state index is 13.3. The van der Waals surface area contributed by atoms with Gasteiger partial charge in [-0.3, -0.25) is 14.5 Å². The lowest BCUT2D eigenvalue weighted by atomic mass is 9.96. The third-order valence-electron chi connectivity index (χ3n) is 5.55. The van der Waals surface area contributed by atoms with Gasteiger partial charge in [-0.25, -0.2) is 0 Å². The number of hydrogen-bond donors (Lipinski definition) is 0. The Morgan fingerprint density at radius 1 is 1.07 bits per heavy atom. The molecule has 0 aliphatic carbocycles. The van der Waals surface area contributed by atoms with Crippen molar-refractivity contribution in [1.82, 2.24) is 19.6 Å². The third-order valence-corrected chi connectivity index (χ3v) is 6.08. The number of nitrogens with zero attached hydrogens (tertiary/aromatic N) is 5. The molecule has 0 spiro atoms. The highest BCUT2D eigenvalue weighted by Crippen LogP contribution is 2.30. The number of fused-ring (bicyclic) bond motifs is 3. The molecule has 0 N–H and O–H groups in total. The van der Waals surface area contributed by atoms with E-state index in [1.54, 1.807) is 0 Å². The molecule has 1 unspecified atom stereocenters. The zero-order valence-electron chi connectivity index (χ0n) is 16.7. The molecule has 0 saturated heterocycles. The molecule has 0 bridgehead atoms. The summed E-state index contributed by atoms with van der Waals surface area (Å²) in [5.41, 5.74) is 3.15. The summed E-state index contributed by atoms with van der Waals surface area (Å²) in [7, 11) is 0. The van der Waals surface area contributed by atoms with Crippen molar-refractivity contribution in [3.63, 3.8) is 0 Å². The lowest BCUT2D eigenvalue weighted by molar-refractivity contribution is 0.386. The number of halogens is 1. The van der Waals surface area contributed by atoms with Gasteiger partial charge in [-0.1, -0.05) is 42.5 Å². The quantitative estimate of drug-likeness (QED) is 0.450. The van der Waals surface area contributed by atoms with E-state index in [1.165, 1.54) is 4.68 Å². The van der Waals surface area contributed by atoms with E-state index in [-0.39, 0.29) is 11.1 Å². The number of rotatable bonds is 3. The van der Waals surface area contributed by atoms with Crippen LogP contribution in [-0.2, 0) is 6.54 Å². The van der Waals surface area contributed by atoms with E-state index in [1.807, 2.05) is 66.4 Å². The number of aryl methyl sites for hydroxylation is 1. The highest BCUT2D eigenvalue weighted by Gasteiger charge is 2.28. The van der Waals surface area contributed by atoms with Crippen molar-refractivity contribution in [2.24, 2.45) is 4.99 Å². The monoisotopic (exact) mass is 461 g/mol. The number of dihydropyridines is 1. The first-order chi connectivity index (χ1) is 14.5. The molecule has 0 amide bonds. The minimum atomic E-state index is -0.333. The summed E-state index contributed by atoms with van der Waals surface area (Å²) < 4.78 is 4.34. The fourth-order valence-electron chi connectivity index (χ4n) is 3.89. The molecular weight excluding hydrogens is 442 g/mol. The van der Waals surface area contributed by atoms with E-state index >= 15 is 0 Å². The first kappa shape index (κ1) is 18.9. The Labute approximate surface area is 182 Å². The summed E-state index contributed by atoms with van der Waals surface area (Å²) in [5.74, 6) is 0. The molecule has 3 aliphatic heterocycles. The van der Waals surface area contributed by atoms with Gasteiger partial charge in [0.15, 0.2) is 5.69 Å². The van der Waals surface area contributed by atoms with Crippen molar-refractivity contribution < 1.29 is 0 Å². The number of hydrogen-bond acceptors (Lipinski definition) is 4. The maximum Gasteiger partial charge on any atom is 0.301 e. The fraction of sp³-hybridized carbons (Fsp3) is 0.217. The van der Waals surface area contributed by atoms with Crippen LogP contribution >= 0.6 is 15.9 Å². The molecule has 3 heterocycles. The Hall–Kier alpha value is -3.06. The summed E-state index contributed by atoms with van der Waals surface area (Å²) in [6.45, 7) is 4.63. The SMILES string of the molecule is Cc1ccccc1-n1nc2c3ccccc3n(CC3(C)CC=C(Br)C=N3)nc-2c1=O. The normalized spacial score (nSPS) is 18.8. The molecule has 3 aliphatic rings. The van der Waals surface area contributed by atoms with E-state index < -0.39 is 0 Å². The number of allylic oxidation sites excluding steroid dienone is 1. The molecular formula is C23H20BrN5O. The lowest BCUT2D eigenvalue weighted by Crippen LogP contribution is -2.31. The van der Waals surface area contributed by atoms with Crippen molar-refractivity contribution in [3.05, 3.63) is 75.0 Å². The largest absolute Gasteiger partial charge is 0.301 e. The maximum atomic E-state index is 13.3. The van der Waals surface area contributed by atoms with Crippen molar-refractivity contribution in [3.8, 4) is 17.1 Å². The summed E-state index contributed by atoms with van der Waals surface area (Å²) in [4.78, 5) is 18.0. The van der Waals surface area contributed by atoms with Crippen molar-refractivity contribution in [2.45, 2.75) is 32.4 Å². The van der Waals surface area contributed by atoms with Crippen LogP contribution < -0.4 is 5.56 Å². The Morgan fingerprint density at radius 3 is 2.60 bits per heavy atom. The van der Waals surface area contributed by atoms with Gasteiger partial charge in [0.2, 0.25) is 0 Å². The van der Waals surface area contributed by atoms with E-state index in [0.29, 0.717) is 17.9 Å². The fourth-order valence-corrected chi connectivity index (χ4v) is 4.16. The second-order valence-corrected chi connectivity index (χ2v) is 8.84. The number of para-hydroxylation sites is 2. The Morgan fingerprint density at radius 2 is 1.83 bits per heavy atom. The average molecular weight is 462 g/mol. The number of benzene rings is 2. The Kier molecular flexibility index (Phi) is 4.43. The predicted molar refractivity (Wildman–Crippen MR) is 123 cm³/mol. The summed E-state index contributed by atoms with van der Waals surface area (Å²) in [6.07, 6.45) is 4.74. The van der Waals surface area contributed by atoms with E-state index in [4.69, 9.17) is 10.1 Å². The zero-order valence-corrected chi connectivity index (χ0v) is 18.3. The van der Waals surface area contributed by atoms with Gasteiger partial charge in [0, 0.05) is 16.1 Å². The van der Waals surface area contributed by atoms with Crippen LogP contribution in [0.3, 0.4) is 0 Å². The van der Waals surface area contributed by atoms with E-state index in [2.05, 4.69) is 34.0 Å². The highest BCUT2D eigenvalue weighted by atomic mass is 79.9. The topological polar surface area (TPSA) is 65.1 Å². The van der Waals surface area contributed by atoms with Gasteiger partial charge < -0.3 is 0 Å². The first-order valence-corrected chi connectivity index (χ1v) is 10.6. The van der Waals surface area contributed by atoms with E-state index in [9.17, 15) is 4.79 Å². The molecule has 7 heteroatoms. The molecule has 0 radical (unpaired) electrons. The molecule has 6 nitrogen and oxygen atoms in total. The molecule has 2 aromatic carbocycles. The molecule has 0 aromatic heterocycles. The van der Waals surface area contributed by atoms with Gasteiger partial charge in [-0.2, -0.15) is 14.9 Å². The van der Waals surface area contributed by atoms with Crippen LogP contribution in [-0.4, -0.2) is 31.3 Å². The van der Waals surface area contributed by atoms with Gasteiger partial charge in [0.1, 0.15) is 5.69 Å². The Balaban J connectivity index is 1.72.